The molecule has 6 atom stereocenters. The third-order valence-electron chi connectivity index (χ3n) is 13.1. The number of allylic oxidation sites excluding steroid dienone is 2. The number of fused-ring (bicyclic) bond motifs is 4. The summed E-state index contributed by atoms with van der Waals surface area (Å²) >= 11 is 8.44. The summed E-state index contributed by atoms with van der Waals surface area (Å²) in [5.41, 5.74) is 4.94. The molecule has 10 nitrogen and oxygen atoms in total. The van der Waals surface area contributed by atoms with Gasteiger partial charge < -0.3 is 9.84 Å². The van der Waals surface area contributed by atoms with Gasteiger partial charge in [0.25, 0.3) is 11.8 Å². The number of carbonyl (C=O) groups excluding carboxylic acids is 4. The maximum atomic E-state index is 15.4. The summed E-state index contributed by atoms with van der Waals surface area (Å²) in [5.74, 6) is -5.45. The van der Waals surface area contributed by atoms with Crippen molar-refractivity contribution in [1.29, 1.82) is 0 Å². The largest absolute Gasteiger partial charge is 0.504 e. The van der Waals surface area contributed by atoms with Crippen LogP contribution in [0.3, 0.4) is 0 Å². The van der Waals surface area contributed by atoms with E-state index in [1.165, 1.54) is 41.8 Å². The molecule has 9 rings (SSSR count). The van der Waals surface area contributed by atoms with Crippen molar-refractivity contribution in [2.45, 2.75) is 49.6 Å². The number of benzene rings is 4. The fraction of sp³-hybridized carbons (Fsp3) is 0.333. The molecule has 6 unspecified atom stereocenters. The molecule has 13 heteroatoms. The molecule has 0 radical (unpaired) electrons. The fourth-order valence-electron chi connectivity index (χ4n) is 10.5. The highest BCUT2D eigenvalue weighted by molar-refractivity contribution is 14.1. The van der Waals surface area contributed by atoms with E-state index in [0.717, 1.165) is 30.2 Å². The van der Waals surface area contributed by atoms with Crippen LogP contribution in [-0.2, 0) is 31.1 Å². The number of amides is 4. The second kappa shape index (κ2) is 15.1. The molecule has 2 aliphatic carbocycles. The van der Waals surface area contributed by atoms with Gasteiger partial charge in [0.05, 0.1) is 39.5 Å². The van der Waals surface area contributed by atoms with Crippen LogP contribution in [0.1, 0.15) is 48.3 Å². The molecule has 298 valence electrons. The lowest BCUT2D eigenvalue weighted by Gasteiger charge is -2.50. The quantitative estimate of drug-likeness (QED) is 0.106. The van der Waals surface area contributed by atoms with E-state index in [9.17, 15) is 23.9 Å². The van der Waals surface area contributed by atoms with Crippen molar-refractivity contribution in [1.82, 2.24) is 14.8 Å². The summed E-state index contributed by atoms with van der Waals surface area (Å²) < 4.78 is 20.1. The van der Waals surface area contributed by atoms with Crippen molar-refractivity contribution < 1.29 is 33.4 Å². The Labute approximate surface area is 354 Å². The maximum Gasteiger partial charge on any atom is 0.260 e. The number of halogens is 3. The first-order valence-electron chi connectivity index (χ1n) is 19.6. The second-order valence-electron chi connectivity index (χ2n) is 16.0. The number of piperidine rings is 1. The topological polar surface area (TPSA) is 119 Å². The Bertz CT molecular complexity index is 2340. The minimum atomic E-state index is -1.55. The van der Waals surface area contributed by atoms with Gasteiger partial charge in [-0.3, -0.25) is 34.4 Å². The van der Waals surface area contributed by atoms with Gasteiger partial charge in [-0.25, -0.2) is 4.39 Å². The zero-order chi connectivity index (χ0) is 40.5. The van der Waals surface area contributed by atoms with Gasteiger partial charge in [-0.1, -0.05) is 65.7 Å². The number of imide groups is 2. The number of anilines is 1. The van der Waals surface area contributed by atoms with E-state index >= 15 is 4.79 Å². The zero-order valence-electron chi connectivity index (χ0n) is 31.6. The zero-order valence-corrected chi connectivity index (χ0v) is 34.5. The highest BCUT2D eigenvalue weighted by Crippen LogP contribution is 2.64. The van der Waals surface area contributed by atoms with Crippen LogP contribution in [0, 0.1) is 33.1 Å². The number of hydrogen-bond acceptors (Lipinski definition) is 8. The summed E-state index contributed by atoms with van der Waals surface area (Å²) in [5, 5.41) is 12.5. The number of rotatable bonds is 8. The van der Waals surface area contributed by atoms with Crippen molar-refractivity contribution in [3.8, 4) is 11.5 Å². The number of phenolic OH excluding ortho intramolecular Hbond substituents is 1. The van der Waals surface area contributed by atoms with Crippen LogP contribution in [0.2, 0.25) is 5.02 Å². The van der Waals surface area contributed by atoms with E-state index in [1.807, 2.05) is 46.9 Å². The smallest absolute Gasteiger partial charge is 0.260 e. The van der Waals surface area contributed by atoms with E-state index < -0.39 is 52.6 Å². The number of ether oxygens (including phenoxy) is 1. The van der Waals surface area contributed by atoms with E-state index in [-0.39, 0.29) is 35.8 Å². The normalized spacial score (nSPS) is 27.3. The van der Waals surface area contributed by atoms with Crippen molar-refractivity contribution in [3.05, 3.63) is 134 Å². The molecule has 4 aromatic carbocycles. The number of likely N-dealkylation sites (tertiary alicyclic amines) is 2. The van der Waals surface area contributed by atoms with E-state index in [0.29, 0.717) is 44.7 Å². The highest BCUT2D eigenvalue weighted by atomic mass is 127. The summed E-state index contributed by atoms with van der Waals surface area (Å²) in [6.07, 6.45) is 3.79. The second-order valence-corrected chi connectivity index (χ2v) is 17.6. The third-order valence-corrected chi connectivity index (χ3v) is 14.1. The fourth-order valence-corrected chi connectivity index (χ4v) is 11.3. The lowest BCUT2D eigenvalue weighted by molar-refractivity contribution is -0.144. The molecule has 4 amide bonds. The SMILES string of the molecule is COc1cc(C2C3=CCC4C(=O)N(C5CCN(Cc6ccccc6)CC5)C(=O)C4C3CC3C(=O)N(Nc4ccc(F)cc4)C(=O)C32c2ccc(Cl)cc2)cc(I)c1O. The number of hydrogen-bond donors (Lipinski definition) is 2. The number of aromatic hydroxyl groups is 1. The average Bonchev–Trinajstić information content (AvgIpc) is 3.61. The van der Waals surface area contributed by atoms with Crippen molar-refractivity contribution in [3.63, 3.8) is 0 Å². The molecule has 5 aliphatic rings. The van der Waals surface area contributed by atoms with E-state index in [4.69, 9.17) is 16.3 Å². The molecule has 2 N–H and O–H groups in total. The average molecular weight is 915 g/mol. The lowest BCUT2D eigenvalue weighted by atomic mass is 9.49. The first-order chi connectivity index (χ1) is 28.0. The standard InChI is InChI=1S/C45H41ClFIN4O6/c1-58-37-22-26(21-36(48)40(37)53)39-32-15-16-33-38(43(56)51(41(33)54)31-17-19-50(20-18-31)24-25-5-3-2-4-6-25)34(32)23-35-42(55)52(49-30-13-11-29(47)12-14-30)44(57)45(35,39)27-7-9-28(46)10-8-27/h2-15,21-22,31,33-35,38-39,49,53H,16-20,23-24H2,1H3. The van der Waals surface area contributed by atoms with Crippen LogP contribution in [-0.4, -0.2) is 69.8 Å². The molecular weight excluding hydrogens is 874 g/mol. The number of nitrogens with one attached hydrogen (secondary N) is 1. The van der Waals surface area contributed by atoms with Crippen molar-refractivity contribution >= 4 is 63.5 Å². The Kier molecular flexibility index (Phi) is 10.1. The van der Waals surface area contributed by atoms with Crippen LogP contribution in [0.25, 0.3) is 0 Å². The number of carbonyl (C=O) groups is 4. The van der Waals surface area contributed by atoms with E-state index in [2.05, 4.69) is 22.5 Å². The van der Waals surface area contributed by atoms with Crippen LogP contribution in [0.4, 0.5) is 10.1 Å². The van der Waals surface area contributed by atoms with Crippen molar-refractivity contribution in [2.24, 2.45) is 23.7 Å². The van der Waals surface area contributed by atoms with Crippen LogP contribution in [0.5, 0.6) is 11.5 Å². The molecular formula is C45H41ClFIN4O6. The molecule has 1 saturated carbocycles. The van der Waals surface area contributed by atoms with E-state index in [1.54, 1.807) is 36.4 Å². The molecule has 0 bridgehead atoms. The predicted molar refractivity (Wildman–Crippen MR) is 223 cm³/mol. The molecule has 3 saturated heterocycles. The van der Waals surface area contributed by atoms with Gasteiger partial charge in [-0.05, 0) is 119 Å². The first kappa shape index (κ1) is 38.7. The summed E-state index contributed by atoms with van der Waals surface area (Å²) in [6.45, 7) is 2.30. The lowest BCUT2D eigenvalue weighted by Crippen LogP contribution is -2.53. The Hall–Kier alpha value is -4.79. The van der Waals surface area contributed by atoms with Gasteiger partial charge >= 0.3 is 0 Å². The molecule has 3 aliphatic heterocycles. The number of phenols is 1. The third kappa shape index (κ3) is 6.21. The minimum Gasteiger partial charge on any atom is -0.504 e. The van der Waals surface area contributed by atoms with Gasteiger partial charge in [0.2, 0.25) is 11.8 Å². The molecule has 58 heavy (non-hydrogen) atoms. The summed E-state index contributed by atoms with van der Waals surface area (Å²) in [7, 11) is 1.45. The van der Waals surface area contributed by atoms with Crippen LogP contribution in [0.15, 0.2) is 103 Å². The molecule has 0 spiro atoms. The van der Waals surface area contributed by atoms with Crippen LogP contribution < -0.4 is 10.2 Å². The van der Waals surface area contributed by atoms with Crippen molar-refractivity contribution in [2.75, 3.05) is 25.6 Å². The van der Waals surface area contributed by atoms with Gasteiger partial charge in [0.15, 0.2) is 11.5 Å². The number of methoxy groups -OCH3 is 1. The van der Waals surface area contributed by atoms with Gasteiger partial charge in [-0.15, -0.1) is 0 Å². The van der Waals surface area contributed by atoms with Crippen LogP contribution >= 0.6 is 34.2 Å². The molecule has 3 heterocycles. The molecule has 0 aromatic heterocycles. The van der Waals surface area contributed by atoms with Gasteiger partial charge in [0.1, 0.15) is 5.82 Å². The predicted octanol–water partition coefficient (Wildman–Crippen LogP) is 7.45. The molecule has 4 aromatic rings. The van der Waals surface area contributed by atoms with Gasteiger partial charge in [-0.2, -0.15) is 5.01 Å². The maximum absolute atomic E-state index is 15.4. The number of nitrogens with zero attached hydrogens (tertiary/aromatic N) is 3. The first-order valence-corrected chi connectivity index (χ1v) is 21.0. The van der Waals surface area contributed by atoms with Gasteiger partial charge in [0, 0.05) is 36.6 Å². The Balaban J connectivity index is 1.13. The Morgan fingerprint density at radius 1 is 0.914 bits per heavy atom. The minimum absolute atomic E-state index is 0.0653. The monoisotopic (exact) mass is 914 g/mol. The Morgan fingerprint density at radius 3 is 2.31 bits per heavy atom. The number of hydrazine groups is 1. The highest BCUT2D eigenvalue weighted by Gasteiger charge is 2.70. The molecule has 4 fully saturated rings. The summed E-state index contributed by atoms with van der Waals surface area (Å²) in [4.78, 5) is 63.5. The Morgan fingerprint density at radius 2 is 1.62 bits per heavy atom. The summed E-state index contributed by atoms with van der Waals surface area (Å²) in [6, 6.07) is 25.8.